The molecule has 7 heteroatoms. The predicted octanol–water partition coefficient (Wildman–Crippen LogP) is 3.61. The maximum atomic E-state index is 12.7. The second-order valence-corrected chi connectivity index (χ2v) is 6.74. The molecule has 0 radical (unpaired) electrons. The summed E-state index contributed by atoms with van der Waals surface area (Å²) < 4.78 is 6.49. The highest BCUT2D eigenvalue weighted by Crippen LogP contribution is 2.23. The minimum absolute atomic E-state index is 0.213. The van der Waals surface area contributed by atoms with Crippen LogP contribution in [0.25, 0.3) is 11.3 Å². The van der Waals surface area contributed by atoms with Crippen molar-refractivity contribution in [2.45, 2.75) is 27.3 Å². The van der Waals surface area contributed by atoms with Crippen LogP contribution in [-0.4, -0.2) is 28.4 Å². The van der Waals surface area contributed by atoms with E-state index < -0.39 is 12.0 Å². The first-order chi connectivity index (χ1) is 14.0. The van der Waals surface area contributed by atoms with Crippen molar-refractivity contribution in [3.63, 3.8) is 0 Å². The summed E-state index contributed by atoms with van der Waals surface area (Å²) >= 11 is 0. The lowest BCUT2D eigenvalue weighted by molar-refractivity contribution is 0.0913. The lowest BCUT2D eigenvalue weighted by atomic mass is 10.1. The van der Waals surface area contributed by atoms with Gasteiger partial charge in [0.15, 0.2) is 0 Å². The topological polar surface area (TPSA) is 85.3 Å². The molecule has 1 aromatic heterocycles. The molecule has 0 aliphatic carbocycles. The van der Waals surface area contributed by atoms with Crippen LogP contribution in [0.3, 0.4) is 0 Å². The number of ether oxygens (including phenoxy) is 1. The lowest BCUT2D eigenvalue weighted by Crippen LogP contribution is -2.42. The van der Waals surface area contributed by atoms with Gasteiger partial charge < -0.3 is 4.74 Å². The summed E-state index contributed by atoms with van der Waals surface area (Å²) in [5.74, 6) is -0.469. The fourth-order valence-corrected chi connectivity index (χ4v) is 2.82. The van der Waals surface area contributed by atoms with Gasteiger partial charge in [0.05, 0.1) is 18.7 Å². The number of aryl methyl sites for hydroxylation is 2. The summed E-state index contributed by atoms with van der Waals surface area (Å²) in [4.78, 5) is 24.2. The number of aromatic nitrogens is 2. The number of rotatable bonds is 5. The number of benzene rings is 2. The highest BCUT2D eigenvalue weighted by atomic mass is 16.5. The van der Waals surface area contributed by atoms with Crippen LogP contribution >= 0.6 is 0 Å². The quantitative estimate of drug-likeness (QED) is 0.650. The van der Waals surface area contributed by atoms with E-state index in [-0.39, 0.29) is 6.61 Å². The number of amides is 2. The molecule has 3 rings (SSSR count). The molecule has 0 atom stereocenters. The zero-order valence-corrected chi connectivity index (χ0v) is 16.7. The molecule has 0 saturated heterocycles. The van der Waals surface area contributed by atoms with Crippen molar-refractivity contribution in [2.75, 3.05) is 6.61 Å². The molecule has 0 fully saturated rings. The number of nitrogens with one attached hydrogen (secondary N) is 2. The van der Waals surface area contributed by atoms with E-state index in [2.05, 4.69) is 16.0 Å². The second-order valence-electron chi connectivity index (χ2n) is 6.74. The van der Waals surface area contributed by atoms with E-state index in [9.17, 15) is 9.59 Å². The van der Waals surface area contributed by atoms with Gasteiger partial charge in [0.2, 0.25) is 0 Å². The maximum absolute atomic E-state index is 12.7. The Bertz CT molecular complexity index is 992. The molecule has 29 heavy (non-hydrogen) atoms. The van der Waals surface area contributed by atoms with Crippen molar-refractivity contribution in [2.24, 2.45) is 0 Å². The van der Waals surface area contributed by atoms with Crippen molar-refractivity contribution in [3.8, 4) is 11.3 Å². The van der Waals surface area contributed by atoms with Crippen molar-refractivity contribution >= 4 is 12.0 Å². The van der Waals surface area contributed by atoms with Crippen LogP contribution in [0.15, 0.2) is 54.7 Å². The van der Waals surface area contributed by atoms with Crippen LogP contribution in [0.5, 0.6) is 0 Å². The van der Waals surface area contributed by atoms with Gasteiger partial charge in [-0.25, -0.2) is 10.2 Å². The Kier molecular flexibility index (Phi) is 6.29. The number of nitrogens with zero attached hydrogens (tertiary/aromatic N) is 2. The van der Waals surface area contributed by atoms with Crippen LogP contribution < -0.4 is 10.9 Å². The number of hydrogen-bond acceptors (Lipinski definition) is 4. The first-order valence-corrected chi connectivity index (χ1v) is 9.39. The first kappa shape index (κ1) is 20.1. The van der Waals surface area contributed by atoms with Gasteiger partial charge >= 0.3 is 6.09 Å². The first-order valence-electron chi connectivity index (χ1n) is 9.39. The monoisotopic (exact) mass is 392 g/mol. The Morgan fingerprint density at radius 1 is 0.966 bits per heavy atom. The summed E-state index contributed by atoms with van der Waals surface area (Å²) in [7, 11) is 0. The lowest BCUT2D eigenvalue weighted by Gasteiger charge is -2.07. The van der Waals surface area contributed by atoms with E-state index in [1.165, 1.54) is 5.56 Å². The van der Waals surface area contributed by atoms with Crippen molar-refractivity contribution < 1.29 is 14.3 Å². The van der Waals surface area contributed by atoms with Gasteiger partial charge in [0.25, 0.3) is 5.91 Å². The maximum Gasteiger partial charge on any atom is 0.426 e. The number of hydrogen-bond donors (Lipinski definition) is 2. The van der Waals surface area contributed by atoms with Gasteiger partial charge in [-0.3, -0.25) is 14.9 Å². The molecule has 150 valence electrons. The summed E-state index contributed by atoms with van der Waals surface area (Å²) in [6.07, 6.45) is 0.960. The number of carbonyl (C=O) groups excluding carboxylic acids is 2. The molecular formula is C22H24N4O3. The van der Waals surface area contributed by atoms with Gasteiger partial charge in [0, 0.05) is 11.8 Å². The molecule has 0 spiro atoms. The highest BCUT2D eigenvalue weighted by molar-refractivity contribution is 6.00. The second kappa shape index (κ2) is 9.05. The van der Waals surface area contributed by atoms with E-state index in [0.717, 1.165) is 16.7 Å². The Labute approximate surface area is 169 Å². The molecule has 2 N–H and O–H groups in total. The van der Waals surface area contributed by atoms with Crippen molar-refractivity contribution in [3.05, 3.63) is 77.0 Å². The van der Waals surface area contributed by atoms with Crippen LogP contribution in [0.4, 0.5) is 4.79 Å². The van der Waals surface area contributed by atoms with E-state index >= 15 is 0 Å². The predicted molar refractivity (Wildman–Crippen MR) is 110 cm³/mol. The van der Waals surface area contributed by atoms with Gasteiger partial charge in [0.1, 0.15) is 5.69 Å². The van der Waals surface area contributed by atoms with Crippen molar-refractivity contribution in [1.82, 2.24) is 20.6 Å². The molecule has 7 nitrogen and oxygen atoms in total. The standard InChI is InChI=1S/C22H24N4O3/c1-4-29-22(28)24-23-21(27)19-14-26(13-17-9-5-15(2)6-10-17)25-20(19)18-11-7-16(3)8-12-18/h5-12,14H,4,13H2,1-3H3,(H,23,27)(H,24,28). The summed E-state index contributed by atoms with van der Waals surface area (Å²) in [5.41, 5.74) is 9.70. The van der Waals surface area contributed by atoms with E-state index in [1.807, 2.05) is 62.4 Å². The summed E-state index contributed by atoms with van der Waals surface area (Å²) in [6, 6.07) is 15.9. The third-order valence-electron chi connectivity index (χ3n) is 4.35. The fraction of sp³-hybridized carbons (Fsp3) is 0.227. The van der Waals surface area contributed by atoms with Crippen molar-refractivity contribution in [1.29, 1.82) is 0 Å². The van der Waals surface area contributed by atoms with Gasteiger partial charge in [-0.15, -0.1) is 0 Å². The summed E-state index contributed by atoms with van der Waals surface area (Å²) in [5, 5.41) is 4.62. The molecule has 0 aliphatic heterocycles. The van der Waals surface area contributed by atoms with E-state index in [4.69, 9.17) is 4.74 Å². The highest BCUT2D eigenvalue weighted by Gasteiger charge is 2.19. The average Bonchev–Trinajstić information content (AvgIpc) is 3.12. The molecule has 1 heterocycles. The van der Waals surface area contributed by atoms with E-state index in [1.54, 1.807) is 17.8 Å². The Hall–Kier alpha value is -3.61. The molecule has 2 aromatic carbocycles. The molecular weight excluding hydrogens is 368 g/mol. The third-order valence-corrected chi connectivity index (χ3v) is 4.35. The van der Waals surface area contributed by atoms with Gasteiger partial charge in [-0.1, -0.05) is 59.7 Å². The van der Waals surface area contributed by atoms with Crippen LogP contribution in [0.2, 0.25) is 0 Å². The third kappa shape index (κ3) is 5.22. The minimum Gasteiger partial charge on any atom is -0.449 e. The summed E-state index contributed by atoms with van der Waals surface area (Å²) in [6.45, 7) is 6.46. The minimum atomic E-state index is -0.718. The van der Waals surface area contributed by atoms with E-state index in [0.29, 0.717) is 17.8 Å². The Balaban J connectivity index is 1.88. The SMILES string of the molecule is CCOC(=O)NNC(=O)c1cn(Cc2ccc(C)cc2)nc1-c1ccc(C)cc1. The molecule has 0 aliphatic rings. The Morgan fingerprint density at radius 2 is 1.59 bits per heavy atom. The van der Waals surface area contributed by atoms with Gasteiger partial charge in [-0.2, -0.15) is 5.10 Å². The van der Waals surface area contributed by atoms with Crippen LogP contribution in [0, 0.1) is 13.8 Å². The fourth-order valence-electron chi connectivity index (χ4n) is 2.82. The Morgan fingerprint density at radius 3 is 2.21 bits per heavy atom. The molecule has 0 unspecified atom stereocenters. The molecule has 2 amide bonds. The normalized spacial score (nSPS) is 10.4. The average molecular weight is 392 g/mol. The molecule has 0 saturated carbocycles. The zero-order chi connectivity index (χ0) is 20.8. The number of carbonyl (C=O) groups is 2. The zero-order valence-electron chi connectivity index (χ0n) is 16.7. The smallest absolute Gasteiger partial charge is 0.426 e. The van der Waals surface area contributed by atoms with Crippen LogP contribution in [0.1, 0.15) is 34.0 Å². The molecule has 0 bridgehead atoms. The molecule has 3 aromatic rings. The number of hydrazine groups is 1. The van der Waals surface area contributed by atoms with Gasteiger partial charge in [-0.05, 0) is 26.3 Å². The largest absolute Gasteiger partial charge is 0.449 e. The van der Waals surface area contributed by atoms with Crippen LogP contribution in [-0.2, 0) is 11.3 Å².